The summed E-state index contributed by atoms with van der Waals surface area (Å²) in [5, 5.41) is 7.18. The summed E-state index contributed by atoms with van der Waals surface area (Å²) < 4.78 is 1.63. The molecule has 0 saturated carbocycles. The number of nitrogens with zero attached hydrogens (tertiary/aromatic N) is 2. The Morgan fingerprint density at radius 2 is 2.05 bits per heavy atom. The summed E-state index contributed by atoms with van der Waals surface area (Å²) in [6, 6.07) is 5.94. The highest BCUT2D eigenvalue weighted by molar-refractivity contribution is 6.07. The fourth-order valence-electron chi connectivity index (χ4n) is 2.12. The van der Waals surface area contributed by atoms with E-state index in [1.54, 1.807) is 11.6 Å². The Kier molecular flexibility index (Phi) is 3.79. The van der Waals surface area contributed by atoms with Gasteiger partial charge in [0.15, 0.2) is 0 Å². The summed E-state index contributed by atoms with van der Waals surface area (Å²) in [7, 11) is 0. The number of benzene rings is 1. The molecule has 0 aliphatic heterocycles. The van der Waals surface area contributed by atoms with Gasteiger partial charge in [0, 0.05) is 12.2 Å². The van der Waals surface area contributed by atoms with Gasteiger partial charge >= 0.3 is 0 Å². The van der Waals surface area contributed by atoms with Gasteiger partial charge in [-0.1, -0.05) is 12.1 Å². The number of nitrogen functional groups attached to an aromatic ring is 1. The SMILES string of the molecule is CCn1nc(C)c(N)c1C(=O)Nc1cc(C)ccc1C. The second-order valence-corrected chi connectivity index (χ2v) is 4.94. The highest BCUT2D eigenvalue weighted by Gasteiger charge is 2.19. The molecule has 0 aliphatic carbocycles. The first-order valence-corrected chi connectivity index (χ1v) is 6.65. The van der Waals surface area contributed by atoms with Crippen LogP contribution in [0.1, 0.15) is 34.2 Å². The number of nitrogens with one attached hydrogen (secondary N) is 1. The fraction of sp³-hybridized carbons (Fsp3) is 0.333. The third kappa shape index (κ3) is 2.52. The van der Waals surface area contributed by atoms with Crippen LogP contribution in [0.25, 0.3) is 0 Å². The van der Waals surface area contributed by atoms with Gasteiger partial charge < -0.3 is 11.1 Å². The molecule has 1 aromatic carbocycles. The van der Waals surface area contributed by atoms with E-state index < -0.39 is 0 Å². The maximum atomic E-state index is 12.4. The normalized spacial score (nSPS) is 10.6. The van der Waals surface area contributed by atoms with Gasteiger partial charge in [-0.25, -0.2) is 0 Å². The van der Waals surface area contributed by atoms with Crippen LogP contribution in [0.15, 0.2) is 18.2 Å². The summed E-state index contributed by atoms with van der Waals surface area (Å²) in [5.41, 5.74) is 10.4. The number of hydrogen-bond donors (Lipinski definition) is 2. The summed E-state index contributed by atoms with van der Waals surface area (Å²) in [4.78, 5) is 12.4. The average Bonchev–Trinajstić information content (AvgIpc) is 2.69. The predicted octanol–water partition coefficient (Wildman–Crippen LogP) is 2.66. The van der Waals surface area contributed by atoms with E-state index in [2.05, 4.69) is 10.4 Å². The van der Waals surface area contributed by atoms with E-state index in [9.17, 15) is 4.79 Å². The zero-order chi connectivity index (χ0) is 14.9. The van der Waals surface area contributed by atoms with E-state index in [0.29, 0.717) is 23.6 Å². The largest absolute Gasteiger partial charge is 0.395 e. The minimum Gasteiger partial charge on any atom is -0.395 e. The number of nitrogens with two attached hydrogens (primary N) is 1. The van der Waals surface area contributed by atoms with Gasteiger partial charge in [-0.15, -0.1) is 0 Å². The van der Waals surface area contributed by atoms with E-state index in [-0.39, 0.29) is 5.91 Å². The molecule has 0 spiro atoms. The molecule has 0 radical (unpaired) electrons. The molecule has 2 aromatic rings. The highest BCUT2D eigenvalue weighted by Crippen LogP contribution is 2.21. The van der Waals surface area contributed by atoms with Gasteiger partial charge in [0.05, 0.1) is 11.4 Å². The van der Waals surface area contributed by atoms with Gasteiger partial charge in [0.25, 0.3) is 5.91 Å². The number of carbonyl (C=O) groups is 1. The van der Waals surface area contributed by atoms with Gasteiger partial charge in [0.2, 0.25) is 0 Å². The molecule has 5 heteroatoms. The molecule has 0 fully saturated rings. The standard InChI is InChI=1S/C15H20N4O/c1-5-19-14(13(16)11(4)18-19)15(20)17-12-8-9(2)6-7-10(12)3/h6-8H,5,16H2,1-4H3,(H,17,20). The first-order chi connectivity index (χ1) is 9.43. The maximum Gasteiger partial charge on any atom is 0.276 e. The molecule has 0 aliphatic rings. The molecule has 106 valence electrons. The Bertz CT molecular complexity index is 658. The van der Waals surface area contributed by atoms with E-state index in [0.717, 1.165) is 16.8 Å². The topological polar surface area (TPSA) is 72.9 Å². The lowest BCUT2D eigenvalue weighted by Gasteiger charge is -2.10. The van der Waals surface area contributed by atoms with Crippen molar-refractivity contribution in [1.82, 2.24) is 9.78 Å². The van der Waals surface area contributed by atoms with Gasteiger partial charge in [-0.05, 0) is 44.9 Å². The third-order valence-corrected chi connectivity index (χ3v) is 3.33. The molecule has 2 rings (SSSR count). The van der Waals surface area contributed by atoms with E-state index in [1.807, 2.05) is 39.0 Å². The number of aryl methyl sites for hydroxylation is 4. The van der Waals surface area contributed by atoms with Crippen LogP contribution < -0.4 is 11.1 Å². The van der Waals surface area contributed by atoms with E-state index in [4.69, 9.17) is 5.73 Å². The molecule has 1 heterocycles. The number of aromatic nitrogens is 2. The van der Waals surface area contributed by atoms with Crippen molar-refractivity contribution in [2.24, 2.45) is 0 Å². The van der Waals surface area contributed by atoms with Crippen LogP contribution in [-0.2, 0) is 6.54 Å². The Balaban J connectivity index is 2.35. The van der Waals surface area contributed by atoms with Crippen LogP contribution in [-0.4, -0.2) is 15.7 Å². The van der Waals surface area contributed by atoms with Crippen molar-refractivity contribution in [3.05, 3.63) is 40.7 Å². The lowest BCUT2D eigenvalue weighted by molar-refractivity contribution is 0.101. The molecule has 5 nitrogen and oxygen atoms in total. The first-order valence-electron chi connectivity index (χ1n) is 6.65. The monoisotopic (exact) mass is 272 g/mol. The Morgan fingerprint density at radius 3 is 2.70 bits per heavy atom. The Morgan fingerprint density at radius 1 is 1.35 bits per heavy atom. The predicted molar refractivity (Wildman–Crippen MR) is 80.9 cm³/mol. The van der Waals surface area contributed by atoms with Gasteiger partial charge in [0.1, 0.15) is 5.69 Å². The summed E-state index contributed by atoms with van der Waals surface area (Å²) in [5.74, 6) is -0.223. The van der Waals surface area contributed by atoms with Crippen molar-refractivity contribution in [2.45, 2.75) is 34.2 Å². The second-order valence-electron chi connectivity index (χ2n) is 4.94. The fourth-order valence-corrected chi connectivity index (χ4v) is 2.12. The smallest absolute Gasteiger partial charge is 0.276 e. The molecule has 0 atom stereocenters. The van der Waals surface area contributed by atoms with Gasteiger partial charge in [-0.2, -0.15) is 5.10 Å². The van der Waals surface area contributed by atoms with Crippen molar-refractivity contribution in [3.63, 3.8) is 0 Å². The lowest BCUT2D eigenvalue weighted by atomic mass is 10.1. The Hall–Kier alpha value is -2.30. The third-order valence-electron chi connectivity index (χ3n) is 3.33. The van der Waals surface area contributed by atoms with Crippen LogP contribution in [0, 0.1) is 20.8 Å². The molecule has 1 amide bonds. The molecular formula is C15H20N4O. The number of carbonyl (C=O) groups excluding carboxylic acids is 1. The van der Waals surface area contributed by atoms with Gasteiger partial charge in [-0.3, -0.25) is 9.48 Å². The van der Waals surface area contributed by atoms with Crippen molar-refractivity contribution < 1.29 is 4.79 Å². The van der Waals surface area contributed by atoms with Crippen molar-refractivity contribution in [2.75, 3.05) is 11.1 Å². The molecule has 0 saturated heterocycles. The van der Waals surface area contributed by atoms with Crippen LogP contribution in [0.3, 0.4) is 0 Å². The number of amides is 1. The number of hydrogen-bond acceptors (Lipinski definition) is 3. The number of anilines is 2. The molecule has 20 heavy (non-hydrogen) atoms. The maximum absolute atomic E-state index is 12.4. The minimum absolute atomic E-state index is 0.223. The van der Waals surface area contributed by atoms with Crippen LogP contribution in [0.4, 0.5) is 11.4 Å². The molecule has 1 aromatic heterocycles. The van der Waals surface area contributed by atoms with Crippen molar-refractivity contribution in [1.29, 1.82) is 0 Å². The average molecular weight is 272 g/mol. The second kappa shape index (κ2) is 5.36. The highest BCUT2D eigenvalue weighted by atomic mass is 16.2. The van der Waals surface area contributed by atoms with Crippen LogP contribution in [0.2, 0.25) is 0 Å². The quantitative estimate of drug-likeness (QED) is 0.902. The summed E-state index contributed by atoms with van der Waals surface area (Å²) in [6.07, 6.45) is 0. The Labute approximate surface area is 118 Å². The molecule has 0 bridgehead atoms. The van der Waals surface area contributed by atoms with Crippen LogP contribution in [0.5, 0.6) is 0 Å². The van der Waals surface area contributed by atoms with Crippen molar-refractivity contribution in [3.8, 4) is 0 Å². The zero-order valence-corrected chi connectivity index (χ0v) is 12.3. The molecule has 0 unspecified atom stereocenters. The molecular weight excluding hydrogens is 252 g/mol. The summed E-state index contributed by atoms with van der Waals surface area (Å²) in [6.45, 7) is 8.29. The van der Waals surface area contributed by atoms with E-state index >= 15 is 0 Å². The minimum atomic E-state index is -0.223. The van der Waals surface area contributed by atoms with Crippen molar-refractivity contribution >= 4 is 17.3 Å². The molecule has 3 N–H and O–H groups in total. The van der Waals surface area contributed by atoms with E-state index in [1.165, 1.54) is 0 Å². The number of rotatable bonds is 3. The lowest BCUT2D eigenvalue weighted by Crippen LogP contribution is -2.19. The summed E-state index contributed by atoms with van der Waals surface area (Å²) >= 11 is 0. The van der Waals surface area contributed by atoms with Crippen LogP contribution >= 0.6 is 0 Å². The first kappa shape index (κ1) is 14.1. The zero-order valence-electron chi connectivity index (χ0n) is 12.3.